The van der Waals surface area contributed by atoms with Crippen molar-refractivity contribution in [3.8, 4) is 0 Å². The molecule has 0 saturated heterocycles. The molecule has 0 aromatic rings. The van der Waals surface area contributed by atoms with E-state index in [1.807, 2.05) is 0 Å². The van der Waals surface area contributed by atoms with Crippen LogP contribution in [0.4, 0.5) is 0 Å². The average molecular weight is 166 g/mol. The number of hydrogen-bond donors (Lipinski definition) is 1. The summed E-state index contributed by atoms with van der Waals surface area (Å²) in [6, 6.07) is 0. The molecule has 0 aliphatic rings. The molecule has 0 bridgehead atoms. The van der Waals surface area contributed by atoms with Gasteiger partial charge in [0.1, 0.15) is 0 Å². The Labute approximate surface area is 46.4 Å². The molecule has 0 fully saturated rings. The van der Waals surface area contributed by atoms with Crippen LogP contribution in [-0.2, 0) is 30.8 Å². The van der Waals surface area contributed by atoms with Gasteiger partial charge >= 0.3 is 46.1 Å². The normalized spacial score (nSPS) is 6.67. The maximum atomic E-state index is 9.53. The Bertz CT molecular complexity index is 69.2. The van der Waals surface area contributed by atoms with E-state index < -0.39 is 29.2 Å². The summed E-state index contributed by atoms with van der Waals surface area (Å²) in [6.07, 6.45) is 0. The van der Waals surface area contributed by atoms with E-state index >= 15 is 0 Å². The summed E-state index contributed by atoms with van der Waals surface area (Å²) in [5.74, 6) is -0.948. The van der Waals surface area contributed by atoms with Crippen LogP contribution in [-0.4, -0.2) is 11.1 Å². The standard InChI is InChI=1S/C2H3O2.O.Zr/c1-2(3)4;;/h1H2,(H,3,4);;. The predicted molar refractivity (Wildman–Crippen MR) is 13.1 cm³/mol. The van der Waals surface area contributed by atoms with Gasteiger partial charge in [0.2, 0.25) is 0 Å². The van der Waals surface area contributed by atoms with Crippen molar-refractivity contribution in [1.29, 1.82) is 0 Å². The van der Waals surface area contributed by atoms with Gasteiger partial charge in [0, 0.05) is 0 Å². The molecular formula is C2H3O3Zr. The zero-order valence-corrected chi connectivity index (χ0v) is 5.43. The summed E-state index contributed by atoms with van der Waals surface area (Å²) < 4.78 is 9.44. The Morgan fingerprint density at radius 2 is 2.33 bits per heavy atom. The third-order valence-electron chi connectivity index (χ3n) is 0.223. The first kappa shape index (κ1) is 6.15. The monoisotopic (exact) mass is 165 g/mol. The molecule has 0 aliphatic heterocycles. The number of aliphatic carboxylic acids is 1. The fourth-order valence-corrected chi connectivity index (χ4v) is 0.365. The van der Waals surface area contributed by atoms with E-state index in [9.17, 15) is 7.61 Å². The van der Waals surface area contributed by atoms with Gasteiger partial charge < -0.3 is 0 Å². The van der Waals surface area contributed by atoms with Crippen LogP contribution in [0.2, 0.25) is 4.13 Å². The first-order chi connectivity index (χ1) is 2.77. The fourth-order valence-electron chi connectivity index (χ4n) is 0.0617. The average Bonchev–Trinajstić information content (AvgIpc) is 1.35. The maximum absolute atomic E-state index is 9.53. The number of carboxylic acids is 1. The molecule has 3 nitrogen and oxygen atoms in total. The summed E-state index contributed by atoms with van der Waals surface area (Å²) in [6.45, 7) is 0. The summed E-state index contributed by atoms with van der Waals surface area (Å²) in [5, 5.41) is 7.76. The van der Waals surface area contributed by atoms with Gasteiger partial charge in [-0.15, -0.1) is 0 Å². The van der Waals surface area contributed by atoms with Crippen LogP contribution in [0, 0.1) is 0 Å². The zero-order valence-electron chi connectivity index (χ0n) is 2.97. The van der Waals surface area contributed by atoms with E-state index in [0.29, 0.717) is 0 Å². The van der Waals surface area contributed by atoms with Gasteiger partial charge in [0.05, 0.1) is 0 Å². The van der Waals surface area contributed by atoms with Gasteiger partial charge in [-0.25, -0.2) is 0 Å². The number of rotatable bonds is 2. The summed E-state index contributed by atoms with van der Waals surface area (Å²) in [4.78, 5) is 9.44. The van der Waals surface area contributed by atoms with Gasteiger partial charge in [-0.05, 0) is 0 Å². The fraction of sp³-hybridized carbons (Fsp3) is 0.500. The Balaban J connectivity index is 3.05. The molecule has 0 radical (unpaired) electrons. The van der Waals surface area contributed by atoms with Crippen molar-refractivity contribution in [3.63, 3.8) is 0 Å². The molecule has 0 saturated carbocycles. The van der Waals surface area contributed by atoms with E-state index in [-0.39, 0.29) is 4.13 Å². The second-order valence-electron chi connectivity index (χ2n) is 0.715. The molecule has 4 heteroatoms. The third-order valence-corrected chi connectivity index (χ3v) is 1.32. The van der Waals surface area contributed by atoms with Crippen molar-refractivity contribution in [1.82, 2.24) is 0 Å². The molecule has 0 aromatic heterocycles. The van der Waals surface area contributed by atoms with Gasteiger partial charge in [-0.3, -0.25) is 0 Å². The molecule has 0 amide bonds. The molecule has 1 N–H and O–H groups in total. The molecule has 0 atom stereocenters. The van der Waals surface area contributed by atoms with Crippen molar-refractivity contribution in [2.75, 3.05) is 0 Å². The van der Waals surface area contributed by atoms with Gasteiger partial charge in [0.25, 0.3) is 0 Å². The van der Waals surface area contributed by atoms with E-state index in [2.05, 4.69) is 0 Å². The molecule has 0 aliphatic carbocycles. The van der Waals surface area contributed by atoms with Crippen molar-refractivity contribution in [2.24, 2.45) is 0 Å². The van der Waals surface area contributed by atoms with Gasteiger partial charge in [0.15, 0.2) is 0 Å². The molecule has 0 aromatic carbocycles. The Hall–Kier alpha value is 0.153. The van der Waals surface area contributed by atoms with Crippen LogP contribution in [0.5, 0.6) is 0 Å². The summed E-state index contributed by atoms with van der Waals surface area (Å²) in [5.41, 5.74) is 0. The van der Waals surface area contributed by atoms with Crippen LogP contribution in [0.1, 0.15) is 0 Å². The first-order valence-electron chi connectivity index (χ1n) is 1.34. The Morgan fingerprint density at radius 1 is 1.83 bits per heavy atom. The zero-order chi connectivity index (χ0) is 4.99. The quantitative estimate of drug-likeness (QED) is 0.624. The van der Waals surface area contributed by atoms with E-state index in [1.54, 1.807) is 0 Å². The van der Waals surface area contributed by atoms with Crippen LogP contribution < -0.4 is 0 Å². The molecule has 0 heterocycles. The van der Waals surface area contributed by atoms with Crippen molar-refractivity contribution < 1.29 is 36.0 Å². The summed E-state index contributed by atoms with van der Waals surface area (Å²) >= 11 is -1.70. The second-order valence-corrected chi connectivity index (χ2v) is 2.29. The van der Waals surface area contributed by atoms with E-state index in [0.717, 1.165) is 0 Å². The predicted octanol–water partition coefficient (Wildman–Crippen LogP) is -0.0827. The van der Waals surface area contributed by atoms with Crippen LogP contribution in [0.3, 0.4) is 0 Å². The van der Waals surface area contributed by atoms with Gasteiger partial charge in [-0.1, -0.05) is 0 Å². The van der Waals surface area contributed by atoms with Crippen molar-refractivity contribution in [2.45, 2.75) is 4.13 Å². The molecular weight excluding hydrogens is 163 g/mol. The molecule has 0 rings (SSSR count). The topological polar surface area (TPSA) is 54.4 Å². The third kappa shape index (κ3) is 4.15. The molecule has 0 unspecified atom stereocenters. The van der Waals surface area contributed by atoms with Gasteiger partial charge in [-0.2, -0.15) is 0 Å². The Kier molecular flexibility index (Phi) is 3.43. The Morgan fingerprint density at radius 3 is 2.33 bits per heavy atom. The molecule has 6 heavy (non-hydrogen) atoms. The van der Waals surface area contributed by atoms with Crippen LogP contribution in [0.25, 0.3) is 0 Å². The minimum atomic E-state index is -1.70. The van der Waals surface area contributed by atoms with E-state index in [1.165, 1.54) is 0 Å². The molecule has 33 valence electrons. The van der Waals surface area contributed by atoms with E-state index in [4.69, 9.17) is 5.11 Å². The second kappa shape index (κ2) is 3.35. The van der Waals surface area contributed by atoms with Crippen molar-refractivity contribution >= 4 is 5.97 Å². The number of carboxylic acid groups (broad SMARTS) is 1. The number of carbonyl (C=O) groups is 1. The summed E-state index contributed by atoms with van der Waals surface area (Å²) in [7, 11) is 0. The minimum absolute atomic E-state index is 0.0939. The number of hydrogen-bond acceptors (Lipinski definition) is 2. The van der Waals surface area contributed by atoms with Crippen molar-refractivity contribution in [3.05, 3.63) is 0 Å². The SMILES string of the molecule is [O]=[Zr][CH2]C(=O)O. The molecule has 0 spiro atoms. The first-order valence-corrected chi connectivity index (χ1v) is 4.08. The van der Waals surface area contributed by atoms with Crippen LogP contribution >= 0.6 is 0 Å². The van der Waals surface area contributed by atoms with Crippen LogP contribution in [0.15, 0.2) is 0 Å².